The summed E-state index contributed by atoms with van der Waals surface area (Å²) in [6.07, 6.45) is -0.999. The fraction of sp³-hybridized carbons (Fsp3) is 0.182. The summed E-state index contributed by atoms with van der Waals surface area (Å²) >= 11 is 7.62. The van der Waals surface area contributed by atoms with Gasteiger partial charge in [0.05, 0.1) is 12.7 Å². The van der Waals surface area contributed by atoms with E-state index in [0.29, 0.717) is 10.6 Å². The van der Waals surface area contributed by atoms with Crippen LogP contribution in [0.5, 0.6) is 0 Å². The normalized spacial score (nSPS) is 13.4. The summed E-state index contributed by atoms with van der Waals surface area (Å²) in [7, 11) is 1.27. The molecule has 3 nitrogen and oxygen atoms in total. The Hall–Kier alpha value is -0.590. The summed E-state index contributed by atoms with van der Waals surface area (Å²) in [5.41, 5.74) is 0.795. The highest BCUT2D eigenvalue weighted by molar-refractivity contribution is 14.1. The summed E-state index contributed by atoms with van der Waals surface area (Å²) in [6.45, 7) is 0. The predicted molar refractivity (Wildman–Crippen MR) is 70.5 cm³/mol. The second kappa shape index (κ2) is 6.22. The molecule has 1 aromatic carbocycles. The van der Waals surface area contributed by atoms with Gasteiger partial charge in [-0.1, -0.05) is 46.3 Å². The van der Waals surface area contributed by atoms with Crippen LogP contribution in [0.15, 0.2) is 33.9 Å². The molecule has 1 rings (SSSR count). The highest BCUT2D eigenvalue weighted by atomic mass is 127. The third-order valence-electron chi connectivity index (χ3n) is 2.02. The number of aliphatic hydroxyl groups excluding tert-OH is 1. The standard InChI is InChI=1S/C11H10ClIO3/c1-16-11(15)9(6-13)10(14)7-2-4-8(12)5-3-7/h2-6,10,14H,1H3/b9-6-. The molecular formula is C11H10ClIO3. The Morgan fingerprint density at radius 3 is 2.50 bits per heavy atom. The maximum atomic E-state index is 11.3. The molecule has 0 spiro atoms. The van der Waals surface area contributed by atoms with E-state index in [2.05, 4.69) is 4.74 Å². The lowest BCUT2D eigenvalue weighted by Crippen LogP contribution is -2.12. The van der Waals surface area contributed by atoms with E-state index < -0.39 is 12.1 Å². The van der Waals surface area contributed by atoms with Gasteiger partial charge in [-0.3, -0.25) is 0 Å². The minimum Gasteiger partial charge on any atom is -0.466 e. The Balaban J connectivity index is 2.96. The number of hydrogen-bond acceptors (Lipinski definition) is 3. The van der Waals surface area contributed by atoms with E-state index in [0.717, 1.165) is 0 Å². The van der Waals surface area contributed by atoms with Crippen molar-refractivity contribution in [3.8, 4) is 0 Å². The first-order chi connectivity index (χ1) is 7.60. The fourth-order valence-corrected chi connectivity index (χ4v) is 1.88. The Kier molecular flexibility index (Phi) is 5.24. The number of hydrogen-bond donors (Lipinski definition) is 1. The molecule has 0 aliphatic rings. The molecule has 0 aliphatic heterocycles. The molecule has 1 atom stereocenters. The van der Waals surface area contributed by atoms with Crippen molar-refractivity contribution in [2.75, 3.05) is 7.11 Å². The zero-order chi connectivity index (χ0) is 12.1. The molecule has 1 aromatic rings. The summed E-state index contributed by atoms with van der Waals surface area (Å²) in [6, 6.07) is 6.64. The topological polar surface area (TPSA) is 46.5 Å². The third-order valence-corrected chi connectivity index (χ3v) is 2.94. The second-order valence-electron chi connectivity index (χ2n) is 3.01. The van der Waals surface area contributed by atoms with E-state index in [1.54, 1.807) is 24.3 Å². The molecule has 86 valence electrons. The lowest BCUT2D eigenvalue weighted by Gasteiger charge is -2.12. The molecule has 0 heterocycles. The predicted octanol–water partition coefficient (Wildman–Crippen LogP) is 2.87. The van der Waals surface area contributed by atoms with Gasteiger partial charge in [-0.2, -0.15) is 0 Å². The van der Waals surface area contributed by atoms with Crippen LogP contribution >= 0.6 is 34.2 Å². The van der Waals surface area contributed by atoms with Gasteiger partial charge in [-0.15, -0.1) is 0 Å². The van der Waals surface area contributed by atoms with Crippen molar-refractivity contribution in [1.29, 1.82) is 0 Å². The number of aliphatic hydroxyl groups is 1. The zero-order valence-electron chi connectivity index (χ0n) is 8.48. The molecule has 16 heavy (non-hydrogen) atoms. The van der Waals surface area contributed by atoms with Gasteiger partial charge in [0.25, 0.3) is 0 Å². The molecule has 0 fully saturated rings. The lowest BCUT2D eigenvalue weighted by molar-refractivity contribution is -0.137. The number of ether oxygens (including phenoxy) is 1. The van der Waals surface area contributed by atoms with Crippen molar-refractivity contribution in [3.63, 3.8) is 0 Å². The van der Waals surface area contributed by atoms with Gasteiger partial charge in [-0.05, 0) is 21.8 Å². The monoisotopic (exact) mass is 352 g/mol. The Morgan fingerprint density at radius 2 is 2.06 bits per heavy atom. The van der Waals surface area contributed by atoms with Crippen LogP contribution in [0.4, 0.5) is 0 Å². The number of carbonyl (C=O) groups is 1. The fourth-order valence-electron chi connectivity index (χ4n) is 1.16. The summed E-state index contributed by atoms with van der Waals surface area (Å²) in [5.74, 6) is -0.545. The summed E-state index contributed by atoms with van der Waals surface area (Å²) < 4.78 is 6.07. The number of methoxy groups -OCH3 is 1. The van der Waals surface area contributed by atoms with E-state index >= 15 is 0 Å². The molecule has 0 saturated heterocycles. The molecule has 1 unspecified atom stereocenters. The first-order valence-electron chi connectivity index (χ1n) is 4.42. The van der Waals surface area contributed by atoms with Gasteiger partial charge in [0.15, 0.2) is 0 Å². The average Bonchev–Trinajstić information content (AvgIpc) is 2.30. The minimum absolute atomic E-state index is 0.199. The molecule has 5 heteroatoms. The number of carbonyl (C=O) groups excluding carboxylic acids is 1. The Labute approximate surface area is 112 Å². The van der Waals surface area contributed by atoms with Gasteiger partial charge in [0.1, 0.15) is 6.10 Å². The molecule has 0 aromatic heterocycles. The van der Waals surface area contributed by atoms with Crippen LogP contribution in [0.1, 0.15) is 11.7 Å². The molecule has 0 bridgehead atoms. The summed E-state index contributed by atoms with van der Waals surface area (Å²) in [4.78, 5) is 11.3. The zero-order valence-corrected chi connectivity index (χ0v) is 11.4. The minimum atomic E-state index is -0.999. The quantitative estimate of drug-likeness (QED) is 0.517. The van der Waals surface area contributed by atoms with Crippen molar-refractivity contribution < 1.29 is 14.6 Å². The summed E-state index contributed by atoms with van der Waals surface area (Å²) in [5, 5.41) is 10.5. The van der Waals surface area contributed by atoms with Gasteiger partial charge in [0.2, 0.25) is 0 Å². The highest BCUT2D eigenvalue weighted by Crippen LogP contribution is 2.24. The maximum absolute atomic E-state index is 11.3. The molecule has 0 saturated carbocycles. The second-order valence-corrected chi connectivity index (χ2v) is 4.07. The van der Waals surface area contributed by atoms with Crippen LogP contribution in [-0.2, 0) is 9.53 Å². The number of esters is 1. The number of benzene rings is 1. The first kappa shape index (κ1) is 13.5. The van der Waals surface area contributed by atoms with Gasteiger partial charge in [0, 0.05) is 5.02 Å². The third kappa shape index (κ3) is 3.20. The lowest BCUT2D eigenvalue weighted by atomic mass is 10.0. The Morgan fingerprint density at radius 1 is 1.50 bits per heavy atom. The van der Waals surface area contributed by atoms with Crippen LogP contribution in [-0.4, -0.2) is 18.2 Å². The Bertz CT molecular complexity index is 400. The van der Waals surface area contributed by atoms with Crippen LogP contribution in [0.25, 0.3) is 0 Å². The van der Waals surface area contributed by atoms with Crippen molar-refractivity contribution >= 4 is 40.2 Å². The number of halogens is 2. The van der Waals surface area contributed by atoms with Crippen LogP contribution in [0, 0.1) is 0 Å². The smallest absolute Gasteiger partial charge is 0.337 e. The molecule has 0 radical (unpaired) electrons. The van der Waals surface area contributed by atoms with Crippen LogP contribution < -0.4 is 0 Å². The van der Waals surface area contributed by atoms with E-state index in [-0.39, 0.29) is 5.57 Å². The largest absolute Gasteiger partial charge is 0.466 e. The number of rotatable bonds is 3. The van der Waals surface area contributed by atoms with Gasteiger partial charge < -0.3 is 9.84 Å². The van der Waals surface area contributed by atoms with E-state index in [1.165, 1.54) is 11.2 Å². The molecule has 0 aliphatic carbocycles. The highest BCUT2D eigenvalue weighted by Gasteiger charge is 2.20. The van der Waals surface area contributed by atoms with Gasteiger partial charge in [-0.25, -0.2) is 4.79 Å². The van der Waals surface area contributed by atoms with Crippen molar-refractivity contribution in [2.45, 2.75) is 6.10 Å². The van der Waals surface area contributed by atoms with Crippen LogP contribution in [0.3, 0.4) is 0 Å². The average molecular weight is 353 g/mol. The van der Waals surface area contributed by atoms with E-state index in [1.807, 2.05) is 22.6 Å². The van der Waals surface area contributed by atoms with Crippen LogP contribution in [0.2, 0.25) is 5.02 Å². The van der Waals surface area contributed by atoms with Crippen molar-refractivity contribution in [3.05, 3.63) is 44.5 Å². The van der Waals surface area contributed by atoms with Gasteiger partial charge >= 0.3 is 5.97 Å². The van der Waals surface area contributed by atoms with Crippen molar-refractivity contribution in [2.24, 2.45) is 0 Å². The molecular weight excluding hydrogens is 342 g/mol. The maximum Gasteiger partial charge on any atom is 0.337 e. The van der Waals surface area contributed by atoms with E-state index in [4.69, 9.17) is 11.6 Å². The molecule has 1 N–H and O–H groups in total. The first-order valence-corrected chi connectivity index (χ1v) is 6.04. The van der Waals surface area contributed by atoms with Crippen molar-refractivity contribution in [1.82, 2.24) is 0 Å². The molecule has 0 amide bonds. The van der Waals surface area contributed by atoms with E-state index in [9.17, 15) is 9.90 Å². The SMILES string of the molecule is COC(=O)/C(=C\I)C(O)c1ccc(Cl)cc1.